The number of fused-ring (bicyclic) bond motifs is 1. The highest BCUT2D eigenvalue weighted by Gasteiger charge is 2.26. The van der Waals surface area contributed by atoms with Gasteiger partial charge in [-0.25, -0.2) is 0 Å². The Hall–Kier alpha value is -1.51. The van der Waals surface area contributed by atoms with Gasteiger partial charge in [0.1, 0.15) is 5.52 Å². The average Bonchev–Trinajstić information content (AvgIpc) is 2.80. The van der Waals surface area contributed by atoms with E-state index in [-0.39, 0.29) is 0 Å². The van der Waals surface area contributed by atoms with Gasteiger partial charge < -0.3 is 9.73 Å². The van der Waals surface area contributed by atoms with Gasteiger partial charge in [-0.05, 0) is 30.4 Å². The number of benzene rings is 1. The van der Waals surface area contributed by atoms with Crippen molar-refractivity contribution < 1.29 is 4.42 Å². The third-order valence-electron chi connectivity index (χ3n) is 4.02. The van der Waals surface area contributed by atoms with Crippen LogP contribution in [0.15, 0.2) is 28.7 Å². The lowest BCUT2D eigenvalue weighted by Gasteiger charge is -2.33. The molecule has 0 atom stereocenters. The highest BCUT2D eigenvalue weighted by Crippen LogP contribution is 2.35. The topological polar surface area (TPSA) is 38.1 Å². The van der Waals surface area contributed by atoms with E-state index in [9.17, 15) is 0 Å². The number of anilines is 1. The van der Waals surface area contributed by atoms with E-state index in [2.05, 4.69) is 17.2 Å². The molecular weight excluding hydrogens is 224 g/mol. The zero-order valence-corrected chi connectivity index (χ0v) is 10.9. The summed E-state index contributed by atoms with van der Waals surface area (Å²) in [5.41, 5.74) is 2.18. The Morgan fingerprint density at radius 3 is 2.78 bits per heavy atom. The first-order chi connectivity index (χ1) is 8.75. The van der Waals surface area contributed by atoms with Crippen LogP contribution in [0.3, 0.4) is 0 Å². The number of hydrogen-bond acceptors (Lipinski definition) is 3. The normalized spacial score (nSPS) is 18.9. The van der Waals surface area contributed by atoms with Crippen LogP contribution < -0.4 is 5.32 Å². The number of hydrogen-bond donors (Lipinski definition) is 1. The lowest BCUT2D eigenvalue weighted by molar-refractivity contribution is 0.232. The molecule has 0 spiro atoms. The van der Waals surface area contributed by atoms with Crippen LogP contribution >= 0.6 is 0 Å². The van der Waals surface area contributed by atoms with Crippen LogP contribution in [0.5, 0.6) is 0 Å². The molecule has 0 amide bonds. The molecular formula is C15H20N2O. The van der Waals surface area contributed by atoms with Crippen LogP contribution in [0.1, 0.15) is 39.0 Å². The number of aromatic nitrogens is 1. The van der Waals surface area contributed by atoms with Crippen molar-refractivity contribution in [1.82, 2.24) is 4.98 Å². The Morgan fingerprint density at radius 2 is 2.00 bits per heavy atom. The van der Waals surface area contributed by atoms with Gasteiger partial charge in [0.15, 0.2) is 5.58 Å². The van der Waals surface area contributed by atoms with Crippen molar-refractivity contribution in [2.75, 3.05) is 11.9 Å². The minimum Gasteiger partial charge on any atom is -0.424 e. The summed E-state index contributed by atoms with van der Waals surface area (Å²) in [6, 6.07) is 8.54. The van der Waals surface area contributed by atoms with Gasteiger partial charge in [-0.1, -0.05) is 38.3 Å². The van der Waals surface area contributed by atoms with Gasteiger partial charge in [0, 0.05) is 6.54 Å². The maximum Gasteiger partial charge on any atom is 0.295 e. The zero-order chi connectivity index (χ0) is 12.4. The molecule has 1 N–H and O–H groups in total. The molecule has 3 nitrogen and oxygen atoms in total. The molecule has 96 valence electrons. The summed E-state index contributed by atoms with van der Waals surface area (Å²) in [5.74, 6) is 0. The second-order valence-electron chi connectivity index (χ2n) is 5.71. The molecule has 2 aromatic rings. The highest BCUT2D eigenvalue weighted by atomic mass is 16.4. The first-order valence-electron chi connectivity index (χ1n) is 6.85. The first kappa shape index (κ1) is 11.6. The van der Waals surface area contributed by atoms with E-state index in [1.165, 1.54) is 32.1 Å². The summed E-state index contributed by atoms with van der Waals surface area (Å²) < 4.78 is 5.68. The van der Waals surface area contributed by atoms with Gasteiger partial charge in [0.25, 0.3) is 6.01 Å². The molecule has 0 saturated heterocycles. The lowest BCUT2D eigenvalue weighted by Crippen LogP contribution is -2.28. The SMILES string of the molecule is CC1(CNc2nc3ccccc3o2)CCCCC1. The summed E-state index contributed by atoms with van der Waals surface area (Å²) in [4.78, 5) is 4.45. The Balaban J connectivity index is 1.69. The molecule has 1 aliphatic carbocycles. The van der Waals surface area contributed by atoms with Crippen LogP contribution in [0.4, 0.5) is 6.01 Å². The van der Waals surface area contributed by atoms with Crippen molar-refractivity contribution in [3.8, 4) is 0 Å². The maximum absolute atomic E-state index is 5.68. The van der Waals surface area contributed by atoms with E-state index in [0.717, 1.165) is 17.6 Å². The van der Waals surface area contributed by atoms with Crippen LogP contribution in [-0.2, 0) is 0 Å². The average molecular weight is 244 g/mol. The first-order valence-corrected chi connectivity index (χ1v) is 6.85. The molecule has 3 heteroatoms. The molecule has 0 unspecified atom stereocenters. The molecule has 1 aromatic heterocycles. The summed E-state index contributed by atoms with van der Waals surface area (Å²) in [7, 11) is 0. The minimum atomic E-state index is 0.402. The van der Waals surface area contributed by atoms with Crippen molar-refractivity contribution in [3.05, 3.63) is 24.3 Å². The molecule has 1 heterocycles. The monoisotopic (exact) mass is 244 g/mol. The summed E-state index contributed by atoms with van der Waals surface area (Å²) in [5, 5.41) is 3.37. The Bertz CT molecular complexity index is 493. The van der Waals surface area contributed by atoms with Crippen molar-refractivity contribution in [1.29, 1.82) is 0 Å². The second-order valence-corrected chi connectivity index (χ2v) is 5.71. The Labute approximate surface area is 108 Å². The quantitative estimate of drug-likeness (QED) is 0.878. The van der Waals surface area contributed by atoms with E-state index in [4.69, 9.17) is 4.42 Å². The third-order valence-corrected chi connectivity index (χ3v) is 4.02. The zero-order valence-electron chi connectivity index (χ0n) is 10.9. The molecule has 1 fully saturated rings. The second kappa shape index (κ2) is 4.63. The van der Waals surface area contributed by atoms with Gasteiger partial charge in [-0.2, -0.15) is 4.98 Å². The van der Waals surface area contributed by atoms with E-state index < -0.39 is 0 Å². The van der Waals surface area contributed by atoms with Crippen molar-refractivity contribution in [3.63, 3.8) is 0 Å². The van der Waals surface area contributed by atoms with E-state index in [0.29, 0.717) is 11.4 Å². The smallest absolute Gasteiger partial charge is 0.295 e. The number of nitrogens with one attached hydrogen (secondary N) is 1. The molecule has 1 aliphatic rings. The van der Waals surface area contributed by atoms with Crippen molar-refractivity contribution in [2.45, 2.75) is 39.0 Å². The Kier molecular flexibility index (Phi) is 2.98. The molecule has 18 heavy (non-hydrogen) atoms. The summed E-state index contributed by atoms with van der Waals surface area (Å²) in [6.07, 6.45) is 6.70. The molecule has 3 rings (SSSR count). The summed E-state index contributed by atoms with van der Waals surface area (Å²) in [6.45, 7) is 3.32. The van der Waals surface area contributed by atoms with Gasteiger partial charge in [0.05, 0.1) is 0 Å². The van der Waals surface area contributed by atoms with Crippen LogP contribution in [-0.4, -0.2) is 11.5 Å². The standard InChI is InChI=1S/C15H20N2O/c1-15(9-5-2-6-10-15)11-16-14-17-12-7-3-4-8-13(12)18-14/h3-4,7-8H,2,5-6,9-11H2,1H3,(H,16,17). The fraction of sp³-hybridized carbons (Fsp3) is 0.533. The lowest BCUT2D eigenvalue weighted by atomic mass is 9.76. The minimum absolute atomic E-state index is 0.402. The molecule has 1 aromatic carbocycles. The molecule has 0 radical (unpaired) electrons. The van der Waals surface area contributed by atoms with Gasteiger partial charge in [-0.3, -0.25) is 0 Å². The van der Waals surface area contributed by atoms with Gasteiger partial charge in [0.2, 0.25) is 0 Å². The third kappa shape index (κ3) is 2.35. The predicted octanol–water partition coefficient (Wildman–Crippen LogP) is 4.21. The molecule has 0 bridgehead atoms. The van der Waals surface area contributed by atoms with Crippen LogP contribution in [0.25, 0.3) is 11.1 Å². The van der Waals surface area contributed by atoms with Gasteiger partial charge >= 0.3 is 0 Å². The van der Waals surface area contributed by atoms with Crippen LogP contribution in [0, 0.1) is 5.41 Å². The maximum atomic E-state index is 5.68. The number of oxazole rings is 1. The largest absolute Gasteiger partial charge is 0.424 e. The van der Waals surface area contributed by atoms with Crippen LogP contribution in [0.2, 0.25) is 0 Å². The van der Waals surface area contributed by atoms with E-state index in [1.54, 1.807) is 0 Å². The van der Waals surface area contributed by atoms with E-state index >= 15 is 0 Å². The number of rotatable bonds is 3. The molecule has 0 aliphatic heterocycles. The molecule has 1 saturated carbocycles. The van der Waals surface area contributed by atoms with Crippen molar-refractivity contribution in [2.24, 2.45) is 5.41 Å². The van der Waals surface area contributed by atoms with Gasteiger partial charge in [-0.15, -0.1) is 0 Å². The fourth-order valence-electron chi connectivity index (χ4n) is 2.82. The summed E-state index contributed by atoms with van der Waals surface area (Å²) >= 11 is 0. The Morgan fingerprint density at radius 1 is 1.22 bits per heavy atom. The number of para-hydroxylation sites is 2. The fourth-order valence-corrected chi connectivity index (χ4v) is 2.82. The number of nitrogens with zero attached hydrogens (tertiary/aromatic N) is 1. The van der Waals surface area contributed by atoms with Crippen molar-refractivity contribution >= 4 is 17.1 Å². The predicted molar refractivity (Wildman–Crippen MR) is 73.7 cm³/mol. The highest BCUT2D eigenvalue weighted by molar-refractivity contribution is 5.74. The van der Waals surface area contributed by atoms with E-state index in [1.807, 2.05) is 24.3 Å².